The summed E-state index contributed by atoms with van der Waals surface area (Å²) >= 11 is 0. The van der Waals surface area contributed by atoms with Crippen molar-refractivity contribution in [2.45, 2.75) is 31.0 Å². The zero-order valence-corrected chi connectivity index (χ0v) is 21.0. The Morgan fingerprint density at radius 2 is 1.66 bits per heavy atom. The Morgan fingerprint density at radius 3 is 2.37 bits per heavy atom. The lowest BCUT2D eigenvalue weighted by Gasteiger charge is -2.33. The molecule has 3 aromatic rings. The van der Waals surface area contributed by atoms with Gasteiger partial charge in [0.2, 0.25) is 6.29 Å². The summed E-state index contributed by atoms with van der Waals surface area (Å²) in [5, 5.41) is 11.2. The quantitative estimate of drug-likeness (QED) is 0.433. The fraction of sp³-hybridized carbons (Fsp3) is 0.379. The van der Waals surface area contributed by atoms with Crippen molar-refractivity contribution in [1.82, 2.24) is 4.90 Å². The van der Waals surface area contributed by atoms with Crippen molar-refractivity contribution in [3.8, 4) is 23.0 Å². The number of ether oxygens (including phenoxy) is 4. The molecule has 0 fully saturated rings. The van der Waals surface area contributed by atoms with Gasteiger partial charge in [0.25, 0.3) is 0 Å². The minimum absolute atomic E-state index is 0.644. The van der Waals surface area contributed by atoms with Gasteiger partial charge in [0.05, 0.1) is 26.7 Å². The van der Waals surface area contributed by atoms with Gasteiger partial charge >= 0.3 is 0 Å². The highest BCUT2D eigenvalue weighted by Gasteiger charge is 2.49. The maximum atomic E-state index is 11.2. The minimum atomic E-state index is -0.955. The van der Waals surface area contributed by atoms with E-state index in [2.05, 4.69) is 30.1 Å². The van der Waals surface area contributed by atoms with E-state index in [0.717, 1.165) is 60.7 Å². The zero-order chi connectivity index (χ0) is 24.8. The summed E-state index contributed by atoms with van der Waals surface area (Å²) in [7, 11) is 7.10. The number of hydrogen-bond acceptors (Lipinski definition) is 6. The van der Waals surface area contributed by atoms with E-state index < -0.39 is 11.7 Å². The molecular weight excluding hydrogens is 442 g/mol. The van der Waals surface area contributed by atoms with Crippen molar-refractivity contribution in [2.75, 3.05) is 41.5 Å². The van der Waals surface area contributed by atoms with Crippen LogP contribution in [0.5, 0.6) is 23.0 Å². The van der Waals surface area contributed by atoms with Crippen LogP contribution in [0.4, 0.5) is 0 Å². The summed E-state index contributed by atoms with van der Waals surface area (Å²) in [6.45, 7) is 1.81. The van der Waals surface area contributed by atoms with Crippen LogP contribution in [-0.4, -0.2) is 57.8 Å². The minimum Gasteiger partial charge on any atom is -0.497 e. The molecule has 0 aromatic heterocycles. The van der Waals surface area contributed by atoms with Crippen LogP contribution in [0.15, 0.2) is 66.7 Å². The first-order valence-electron chi connectivity index (χ1n) is 12.0. The lowest BCUT2D eigenvalue weighted by Crippen LogP contribution is -2.40. The second kappa shape index (κ2) is 11.0. The SMILES string of the molecule is COc1ccc2c(c1)C(CCCN(C)CCc1ccc(OC)c(OC)c1)(c1ccccc1)C(O)O2. The Hall–Kier alpha value is -3.22. The van der Waals surface area contributed by atoms with Gasteiger partial charge in [0, 0.05) is 12.1 Å². The summed E-state index contributed by atoms with van der Waals surface area (Å²) in [4.78, 5) is 2.32. The maximum absolute atomic E-state index is 11.2. The van der Waals surface area contributed by atoms with E-state index in [9.17, 15) is 5.11 Å². The molecule has 0 spiro atoms. The molecule has 0 aliphatic carbocycles. The highest BCUT2D eigenvalue weighted by molar-refractivity contribution is 5.54. The molecule has 6 heteroatoms. The third-order valence-electron chi connectivity index (χ3n) is 6.96. The molecule has 1 aliphatic heterocycles. The predicted molar refractivity (Wildman–Crippen MR) is 137 cm³/mol. The van der Waals surface area contributed by atoms with Crippen molar-refractivity contribution in [3.63, 3.8) is 0 Å². The normalized spacial score (nSPS) is 18.7. The van der Waals surface area contributed by atoms with E-state index >= 15 is 0 Å². The van der Waals surface area contributed by atoms with Crippen LogP contribution in [0.3, 0.4) is 0 Å². The lowest BCUT2D eigenvalue weighted by molar-refractivity contribution is -0.0469. The van der Waals surface area contributed by atoms with Gasteiger partial charge in [0.15, 0.2) is 11.5 Å². The number of benzene rings is 3. The first-order chi connectivity index (χ1) is 17.0. The van der Waals surface area contributed by atoms with Gasteiger partial charge in [-0.15, -0.1) is 0 Å². The smallest absolute Gasteiger partial charge is 0.211 e. The molecule has 1 N–H and O–H groups in total. The van der Waals surface area contributed by atoms with E-state index in [-0.39, 0.29) is 0 Å². The molecule has 0 saturated carbocycles. The van der Waals surface area contributed by atoms with E-state index in [0.29, 0.717) is 5.75 Å². The maximum Gasteiger partial charge on any atom is 0.211 e. The molecule has 6 nitrogen and oxygen atoms in total. The second-order valence-electron chi connectivity index (χ2n) is 9.02. The number of methoxy groups -OCH3 is 3. The first-order valence-corrected chi connectivity index (χ1v) is 12.0. The van der Waals surface area contributed by atoms with Crippen LogP contribution in [0.1, 0.15) is 29.5 Å². The number of rotatable bonds is 11. The van der Waals surface area contributed by atoms with Crippen molar-refractivity contribution in [2.24, 2.45) is 0 Å². The number of hydrogen-bond donors (Lipinski definition) is 1. The summed E-state index contributed by atoms with van der Waals surface area (Å²) in [5.74, 6) is 2.96. The Bertz CT molecular complexity index is 1120. The molecule has 2 atom stereocenters. The Kier molecular flexibility index (Phi) is 7.83. The molecule has 1 aliphatic rings. The number of aliphatic hydroxyl groups is 1. The number of nitrogens with zero attached hydrogens (tertiary/aromatic N) is 1. The molecule has 0 saturated heterocycles. The van der Waals surface area contributed by atoms with Crippen molar-refractivity contribution < 1.29 is 24.1 Å². The van der Waals surface area contributed by atoms with Crippen LogP contribution in [0, 0.1) is 0 Å². The van der Waals surface area contributed by atoms with Gasteiger partial charge in [-0.25, -0.2) is 0 Å². The molecule has 2 unspecified atom stereocenters. The first kappa shape index (κ1) is 24.9. The second-order valence-corrected chi connectivity index (χ2v) is 9.02. The summed E-state index contributed by atoms with van der Waals surface area (Å²) < 4.78 is 22.2. The number of aliphatic hydroxyl groups excluding tert-OH is 1. The van der Waals surface area contributed by atoms with E-state index in [1.165, 1.54) is 5.56 Å². The number of fused-ring (bicyclic) bond motifs is 1. The van der Waals surface area contributed by atoms with Crippen molar-refractivity contribution in [3.05, 3.63) is 83.4 Å². The molecule has 186 valence electrons. The highest BCUT2D eigenvalue weighted by Crippen LogP contribution is 2.50. The lowest BCUT2D eigenvalue weighted by atomic mass is 9.71. The van der Waals surface area contributed by atoms with Crippen molar-refractivity contribution in [1.29, 1.82) is 0 Å². The average molecular weight is 478 g/mol. The largest absolute Gasteiger partial charge is 0.497 e. The molecule has 0 radical (unpaired) electrons. The van der Waals surface area contributed by atoms with Crippen LogP contribution >= 0.6 is 0 Å². The van der Waals surface area contributed by atoms with E-state index in [1.807, 2.05) is 48.5 Å². The third kappa shape index (κ3) is 5.09. The standard InChI is InChI=1S/C29H35NO5/c1-30(18-15-21-11-13-26(33-3)27(19-21)34-4)17-8-16-29(22-9-6-5-7-10-22)24-20-23(32-2)12-14-25(24)35-28(29)31/h5-7,9-14,19-20,28,31H,8,15-18H2,1-4H3. The van der Waals surface area contributed by atoms with Crippen LogP contribution in [0.2, 0.25) is 0 Å². The third-order valence-corrected chi connectivity index (χ3v) is 6.96. The predicted octanol–water partition coefficient (Wildman–Crippen LogP) is 4.66. The van der Waals surface area contributed by atoms with Gasteiger partial charge in [-0.2, -0.15) is 0 Å². The molecule has 0 amide bonds. The van der Waals surface area contributed by atoms with E-state index in [4.69, 9.17) is 18.9 Å². The average Bonchev–Trinajstić information content (AvgIpc) is 3.18. The fourth-order valence-corrected chi connectivity index (χ4v) is 4.97. The van der Waals surface area contributed by atoms with Gasteiger partial charge in [-0.05, 0) is 74.3 Å². The van der Waals surface area contributed by atoms with E-state index in [1.54, 1.807) is 21.3 Å². The Labute approximate surface area is 208 Å². The Morgan fingerprint density at radius 1 is 0.886 bits per heavy atom. The van der Waals surface area contributed by atoms with Gasteiger partial charge in [-0.1, -0.05) is 36.4 Å². The molecular formula is C29H35NO5. The molecule has 0 bridgehead atoms. The monoisotopic (exact) mass is 477 g/mol. The molecule has 1 heterocycles. The van der Waals surface area contributed by atoms with Gasteiger partial charge in [-0.3, -0.25) is 0 Å². The van der Waals surface area contributed by atoms with Gasteiger partial charge < -0.3 is 29.0 Å². The van der Waals surface area contributed by atoms with Crippen molar-refractivity contribution >= 4 is 0 Å². The van der Waals surface area contributed by atoms with Crippen LogP contribution in [0.25, 0.3) is 0 Å². The van der Waals surface area contributed by atoms with Gasteiger partial charge in [0.1, 0.15) is 11.5 Å². The Balaban J connectivity index is 1.46. The van der Waals surface area contributed by atoms with Crippen LogP contribution in [-0.2, 0) is 11.8 Å². The topological polar surface area (TPSA) is 60.4 Å². The zero-order valence-electron chi connectivity index (χ0n) is 21.0. The van der Waals surface area contributed by atoms with Crippen LogP contribution < -0.4 is 18.9 Å². The summed E-state index contributed by atoms with van der Waals surface area (Å²) in [5.41, 5.74) is 2.59. The molecule has 4 rings (SSSR count). The summed E-state index contributed by atoms with van der Waals surface area (Å²) in [6, 6.07) is 22.0. The number of likely N-dealkylation sites (N-methyl/N-ethyl adjacent to an activating group) is 1. The molecule has 3 aromatic carbocycles. The fourth-order valence-electron chi connectivity index (χ4n) is 4.97. The summed E-state index contributed by atoms with van der Waals surface area (Å²) in [6.07, 6.45) is 1.60. The highest BCUT2D eigenvalue weighted by atomic mass is 16.6. The molecule has 35 heavy (non-hydrogen) atoms.